The van der Waals surface area contributed by atoms with Crippen molar-refractivity contribution in [2.24, 2.45) is 0 Å². The number of rotatable bonds is 1. The van der Waals surface area contributed by atoms with Gasteiger partial charge in [0.25, 0.3) is 0 Å². The summed E-state index contributed by atoms with van der Waals surface area (Å²) in [6.45, 7) is 0.672. The van der Waals surface area contributed by atoms with E-state index in [1.807, 2.05) is 0 Å². The summed E-state index contributed by atoms with van der Waals surface area (Å²) < 4.78 is 5.74. The molecule has 0 spiro atoms. The van der Waals surface area contributed by atoms with Crippen molar-refractivity contribution >= 4 is 32.8 Å². The summed E-state index contributed by atoms with van der Waals surface area (Å²) in [6, 6.07) is 10.6. The molecule has 0 radical (unpaired) electrons. The fourth-order valence-corrected chi connectivity index (χ4v) is 2.57. The second kappa shape index (κ2) is 3.95. The Labute approximate surface area is 103 Å². The zero-order chi connectivity index (χ0) is 11.0. The lowest BCUT2D eigenvalue weighted by molar-refractivity contribution is 0.356. The van der Waals surface area contributed by atoms with Crippen LogP contribution in [0.4, 0.5) is 0 Å². The van der Waals surface area contributed by atoms with Gasteiger partial charge in [0.2, 0.25) is 0 Å². The van der Waals surface area contributed by atoms with Crippen LogP contribution in [0.25, 0.3) is 16.8 Å². The second-order valence-corrected chi connectivity index (χ2v) is 4.41. The van der Waals surface area contributed by atoms with E-state index in [9.17, 15) is 0 Å². The SMILES string of the molecule is BrCc1cc2ccccc2c2c1OCC=C2. The Morgan fingerprint density at radius 1 is 1.25 bits per heavy atom. The molecule has 0 aliphatic carbocycles. The molecule has 3 rings (SSSR count). The van der Waals surface area contributed by atoms with Gasteiger partial charge in [-0.05, 0) is 22.9 Å². The van der Waals surface area contributed by atoms with Crippen molar-refractivity contribution in [2.45, 2.75) is 5.33 Å². The highest BCUT2D eigenvalue weighted by Crippen LogP contribution is 2.36. The van der Waals surface area contributed by atoms with Crippen molar-refractivity contribution in [3.05, 3.63) is 47.5 Å². The van der Waals surface area contributed by atoms with Gasteiger partial charge >= 0.3 is 0 Å². The minimum Gasteiger partial charge on any atom is -0.489 e. The summed E-state index contributed by atoms with van der Waals surface area (Å²) in [7, 11) is 0. The van der Waals surface area contributed by atoms with E-state index in [4.69, 9.17) is 4.74 Å². The molecule has 0 amide bonds. The van der Waals surface area contributed by atoms with Crippen molar-refractivity contribution in [2.75, 3.05) is 6.61 Å². The highest BCUT2D eigenvalue weighted by atomic mass is 79.9. The van der Waals surface area contributed by atoms with E-state index in [2.05, 4.69) is 58.4 Å². The maximum absolute atomic E-state index is 5.74. The summed E-state index contributed by atoms with van der Waals surface area (Å²) in [5, 5.41) is 3.36. The van der Waals surface area contributed by atoms with Crippen molar-refractivity contribution in [1.82, 2.24) is 0 Å². The molecule has 2 heteroatoms. The van der Waals surface area contributed by atoms with Crippen LogP contribution in [-0.4, -0.2) is 6.61 Å². The van der Waals surface area contributed by atoms with Crippen LogP contribution in [0.15, 0.2) is 36.4 Å². The van der Waals surface area contributed by atoms with Gasteiger partial charge in [-0.2, -0.15) is 0 Å². The monoisotopic (exact) mass is 274 g/mol. The van der Waals surface area contributed by atoms with Gasteiger partial charge in [0.15, 0.2) is 0 Å². The summed E-state index contributed by atoms with van der Waals surface area (Å²) in [6.07, 6.45) is 4.22. The first-order valence-corrected chi connectivity index (χ1v) is 6.42. The number of hydrogen-bond acceptors (Lipinski definition) is 1. The molecule has 0 atom stereocenters. The molecule has 0 fully saturated rings. The van der Waals surface area contributed by atoms with Gasteiger partial charge in [-0.1, -0.05) is 46.3 Å². The third kappa shape index (κ3) is 1.45. The normalized spacial score (nSPS) is 13.6. The molecule has 16 heavy (non-hydrogen) atoms. The predicted molar refractivity (Wildman–Crippen MR) is 71.1 cm³/mol. The van der Waals surface area contributed by atoms with Crippen LogP contribution < -0.4 is 4.74 Å². The number of ether oxygens (including phenoxy) is 1. The molecule has 1 heterocycles. The topological polar surface area (TPSA) is 9.23 Å². The molecular formula is C14H11BrO. The number of fused-ring (bicyclic) bond motifs is 3. The van der Waals surface area contributed by atoms with E-state index in [1.165, 1.54) is 21.9 Å². The van der Waals surface area contributed by atoms with Gasteiger partial charge in [0.1, 0.15) is 12.4 Å². The molecule has 0 bridgehead atoms. The predicted octanol–water partition coefficient (Wildman–Crippen LogP) is 4.14. The van der Waals surface area contributed by atoms with Crippen molar-refractivity contribution < 1.29 is 4.74 Å². The average Bonchev–Trinajstić information content (AvgIpc) is 2.38. The molecule has 1 aliphatic heterocycles. The maximum atomic E-state index is 5.74. The lowest BCUT2D eigenvalue weighted by Gasteiger charge is -2.18. The number of hydrogen-bond donors (Lipinski definition) is 0. The first-order valence-electron chi connectivity index (χ1n) is 5.30. The Morgan fingerprint density at radius 2 is 2.12 bits per heavy atom. The van der Waals surface area contributed by atoms with Crippen LogP contribution in [0.5, 0.6) is 5.75 Å². The zero-order valence-electron chi connectivity index (χ0n) is 8.74. The molecule has 0 saturated heterocycles. The molecule has 1 aliphatic rings. The Morgan fingerprint density at radius 3 is 3.00 bits per heavy atom. The fraction of sp³-hybridized carbons (Fsp3) is 0.143. The smallest absolute Gasteiger partial charge is 0.131 e. The first kappa shape index (κ1) is 9.91. The van der Waals surface area contributed by atoms with Crippen molar-refractivity contribution in [3.8, 4) is 5.75 Å². The largest absolute Gasteiger partial charge is 0.489 e. The molecule has 0 N–H and O–H groups in total. The number of benzene rings is 2. The first-order chi connectivity index (χ1) is 7.90. The van der Waals surface area contributed by atoms with Crippen LogP contribution in [0.1, 0.15) is 11.1 Å². The van der Waals surface area contributed by atoms with Gasteiger partial charge in [-0.15, -0.1) is 0 Å². The van der Waals surface area contributed by atoms with Crippen LogP contribution in [0.2, 0.25) is 0 Å². The molecule has 1 nitrogen and oxygen atoms in total. The van der Waals surface area contributed by atoms with Crippen molar-refractivity contribution in [3.63, 3.8) is 0 Å². The summed E-state index contributed by atoms with van der Waals surface area (Å²) in [5.74, 6) is 1.03. The lowest BCUT2D eigenvalue weighted by Crippen LogP contribution is -2.03. The third-order valence-electron chi connectivity index (χ3n) is 2.87. The second-order valence-electron chi connectivity index (χ2n) is 3.85. The molecule has 0 aromatic heterocycles. The van der Waals surface area contributed by atoms with E-state index in [1.54, 1.807) is 0 Å². The van der Waals surface area contributed by atoms with Gasteiger partial charge in [0, 0.05) is 16.5 Å². The van der Waals surface area contributed by atoms with Crippen LogP contribution in [0.3, 0.4) is 0 Å². The molecular weight excluding hydrogens is 264 g/mol. The highest BCUT2D eigenvalue weighted by Gasteiger charge is 2.14. The zero-order valence-corrected chi connectivity index (χ0v) is 10.3. The van der Waals surface area contributed by atoms with E-state index in [-0.39, 0.29) is 0 Å². The van der Waals surface area contributed by atoms with E-state index in [0.717, 1.165) is 11.1 Å². The quantitative estimate of drug-likeness (QED) is 0.711. The van der Waals surface area contributed by atoms with Gasteiger partial charge in [-0.3, -0.25) is 0 Å². The molecule has 2 aromatic rings. The Balaban J connectivity index is 2.41. The van der Waals surface area contributed by atoms with E-state index >= 15 is 0 Å². The Hall–Kier alpha value is -1.28. The third-order valence-corrected chi connectivity index (χ3v) is 3.47. The molecule has 80 valence electrons. The summed E-state index contributed by atoms with van der Waals surface area (Å²) in [5.41, 5.74) is 2.43. The van der Waals surface area contributed by atoms with Gasteiger partial charge < -0.3 is 4.74 Å². The molecule has 2 aromatic carbocycles. The maximum Gasteiger partial charge on any atom is 0.131 e. The Kier molecular flexibility index (Phi) is 2.44. The van der Waals surface area contributed by atoms with E-state index in [0.29, 0.717) is 6.61 Å². The summed E-state index contributed by atoms with van der Waals surface area (Å²) >= 11 is 3.52. The number of alkyl halides is 1. The van der Waals surface area contributed by atoms with Crippen LogP contribution in [0, 0.1) is 0 Å². The van der Waals surface area contributed by atoms with E-state index < -0.39 is 0 Å². The standard InChI is InChI=1S/C14H11BrO/c15-9-11-8-10-4-1-2-5-12(10)13-6-3-7-16-14(11)13/h1-6,8H,7,9H2. The van der Waals surface area contributed by atoms with Crippen molar-refractivity contribution in [1.29, 1.82) is 0 Å². The minimum absolute atomic E-state index is 0.672. The van der Waals surface area contributed by atoms with Gasteiger partial charge in [-0.25, -0.2) is 0 Å². The lowest BCUT2D eigenvalue weighted by atomic mass is 9.98. The fourth-order valence-electron chi connectivity index (χ4n) is 2.15. The molecule has 0 unspecified atom stereocenters. The average molecular weight is 275 g/mol. The van der Waals surface area contributed by atoms with Crippen LogP contribution in [-0.2, 0) is 5.33 Å². The minimum atomic E-state index is 0.672. The van der Waals surface area contributed by atoms with Crippen LogP contribution >= 0.6 is 15.9 Å². The summed E-state index contributed by atoms with van der Waals surface area (Å²) in [4.78, 5) is 0. The Bertz CT molecular complexity index is 572. The number of halogens is 1. The van der Waals surface area contributed by atoms with Gasteiger partial charge in [0.05, 0.1) is 0 Å². The molecule has 0 saturated carbocycles. The highest BCUT2D eigenvalue weighted by molar-refractivity contribution is 9.08.